The zero-order valence-electron chi connectivity index (χ0n) is 13.9. The van der Waals surface area contributed by atoms with Crippen molar-refractivity contribution in [3.8, 4) is 5.75 Å². The number of sulfonamides is 1. The highest BCUT2D eigenvalue weighted by molar-refractivity contribution is 7.89. The first-order valence-corrected chi connectivity index (χ1v) is 9.42. The van der Waals surface area contributed by atoms with Crippen molar-refractivity contribution in [3.05, 3.63) is 60.2 Å². The Morgan fingerprint density at radius 2 is 1.76 bits per heavy atom. The Morgan fingerprint density at radius 1 is 1.12 bits per heavy atom. The number of carboxylic acid groups (broad SMARTS) is 1. The lowest BCUT2D eigenvalue weighted by Gasteiger charge is -2.19. The molecule has 0 aromatic heterocycles. The summed E-state index contributed by atoms with van der Waals surface area (Å²) in [5.74, 6) is -0.629. The molecule has 0 saturated heterocycles. The maximum absolute atomic E-state index is 12.5. The van der Waals surface area contributed by atoms with Gasteiger partial charge in [-0.2, -0.15) is 0 Å². The maximum atomic E-state index is 12.5. The van der Waals surface area contributed by atoms with Gasteiger partial charge >= 0.3 is 5.97 Å². The van der Waals surface area contributed by atoms with Crippen LogP contribution in [0.25, 0.3) is 0 Å². The fourth-order valence-electron chi connectivity index (χ4n) is 2.38. The van der Waals surface area contributed by atoms with E-state index in [4.69, 9.17) is 9.84 Å². The quantitative estimate of drug-likeness (QED) is 0.714. The van der Waals surface area contributed by atoms with Crippen LogP contribution < -0.4 is 9.46 Å². The van der Waals surface area contributed by atoms with Crippen molar-refractivity contribution >= 4 is 16.0 Å². The van der Waals surface area contributed by atoms with Gasteiger partial charge in [-0.25, -0.2) is 17.9 Å². The van der Waals surface area contributed by atoms with Crippen LogP contribution in [0.5, 0.6) is 5.75 Å². The van der Waals surface area contributed by atoms with Crippen molar-refractivity contribution in [1.82, 2.24) is 4.72 Å². The van der Waals surface area contributed by atoms with Gasteiger partial charge in [-0.15, -0.1) is 0 Å². The van der Waals surface area contributed by atoms with Crippen molar-refractivity contribution in [2.24, 2.45) is 0 Å². The van der Waals surface area contributed by atoms with Gasteiger partial charge in [-0.1, -0.05) is 43.7 Å². The number of rotatable bonds is 9. The topological polar surface area (TPSA) is 92.7 Å². The predicted molar refractivity (Wildman–Crippen MR) is 94.0 cm³/mol. The van der Waals surface area contributed by atoms with E-state index in [2.05, 4.69) is 4.72 Å². The van der Waals surface area contributed by atoms with Crippen LogP contribution >= 0.6 is 0 Å². The first-order chi connectivity index (χ1) is 11.9. The molecule has 0 heterocycles. The minimum Gasteiger partial charge on any atom is -0.482 e. The summed E-state index contributed by atoms with van der Waals surface area (Å²) in [6.45, 7) is 1.56. The third-order valence-corrected chi connectivity index (χ3v) is 5.06. The van der Waals surface area contributed by atoms with Crippen LogP contribution in [0, 0.1) is 0 Å². The van der Waals surface area contributed by atoms with Gasteiger partial charge in [0.1, 0.15) is 5.75 Å². The minimum absolute atomic E-state index is 0.220. The monoisotopic (exact) mass is 363 g/mol. The summed E-state index contributed by atoms with van der Waals surface area (Å²) in [4.78, 5) is 10.7. The molecule has 134 valence electrons. The SMILES string of the molecule is CCCC(NS(=O)(=O)c1ccccc1)c1ccc(OCC(=O)O)cc1. The van der Waals surface area contributed by atoms with Gasteiger partial charge in [0.15, 0.2) is 6.61 Å². The number of benzene rings is 2. The highest BCUT2D eigenvalue weighted by atomic mass is 32.2. The molecule has 2 aromatic carbocycles. The second-order valence-electron chi connectivity index (χ2n) is 5.53. The van der Waals surface area contributed by atoms with Crippen molar-refractivity contribution in [3.63, 3.8) is 0 Å². The van der Waals surface area contributed by atoms with Gasteiger partial charge in [-0.3, -0.25) is 0 Å². The van der Waals surface area contributed by atoms with Gasteiger partial charge in [0.2, 0.25) is 10.0 Å². The van der Waals surface area contributed by atoms with Crippen LogP contribution in [0.4, 0.5) is 0 Å². The Morgan fingerprint density at radius 3 is 2.32 bits per heavy atom. The zero-order valence-corrected chi connectivity index (χ0v) is 14.7. The molecule has 0 amide bonds. The molecule has 1 unspecified atom stereocenters. The molecule has 0 aliphatic rings. The Hall–Kier alpha value is -2.38. The maximum Gasteiger partial charge on any atom is 0.341 e. The molecule has 0 aliphatic carbocycles. The van der Waals surface area contributed by atoms with Crippen LogP contribution in [0.2, 0.25) is 0 Å². The smallest absolute Gasteiger partial charge is 0.341 e. The summed E-state index contributed by atoms with van der Waals surface area (Å²) < 4.78 is 32.9. The van der Waals surface area contributed by atoms with E-state index in [9.17, 15) is 13.2 Å². The van der Waals surface area contributed by atoms with Crippen LogP contribution in [0.15, 0.2) is 59.5 Å². The lowest BCUT2D eigenvalue weighted by atomic mass is 10.0. The summed E-state index contributed by atoms with van der Waals surface area (Å²) in [6.07, 6.45) is 1.45. The fourth-order valence-corrected chi connectivity index (χ4v) is 3.66. The molecule has 2 aromatic rings. The second-order valence-corrected chi connectivity index (χ2v) is 7.24. The Kier molecular flexibility index (Phi) is 6.55. The third kappa shape index (κ3) is 5.58. The Bertz CT molecular complexity index is 788. The van der Waals surface area contributed by atoms with E-state index in [-0.39, 0.29) is 10.9 Å². The molecule has 0 radical (unpaired) electrons. The highest BCUT2D eigenvalue weighted by Gasteiger charge is 2.20. The number of carbonyl (C=O) groups is 1. The standard InChI is InChI=1S/C18H21NO5S/c1-2-6-17(19-25(22,23)16-7-4-3-5-8-16)14-9-11-15(12-10-14)24-13-18(20)21/h3-5,7-12,17,19H,2,6,13H2,1H3,(H,20,21). The lowest BCUT2D eigenvalue weighted by Crippen LogP contribution is -2.28. The molecule has 7 heteroatoms. The number of ether oxygens (including phenoxy) is 1. The van der Waals surface area contributed by atoms with E-state index in [1.54, 1.807) is 54.6 Å². The number of hydrogen-bond acceptors (Lipinski definition) is 4. The van der Waals surface area contributed by atoms with Crippen molar-refractivity contribution in [1.29, 1.82) is 0 Å². The van der Waals surface area contributed by atoms with E-state index in [1.807, 2.05) is 6.92 Å². The molecule has 0 bridgehead atoms. The van der Waals surface area contributed by atoms with E-state index in [0.717, 1.165) is 12.0 Å². The van der Waals surface area contributed by atoms with E-state index >= 15 is 0 Å². The molecule has 0 spiro atoms. The normalized spacial score (nSPS) is 12.5. The molecule has 1 atom stereocenters. The third-order valence-electron chi connectivity index (χ3n) is 3.57. The van der Waals surface area contributed by atoms with Crippen molar-refractivity contribution in [2.75, 3.05) is 6.61 Å². The van der Waals surface area contributed by atoms with E-state index in [0.29, 0.717) is 12.2 Å². The van der Waals surface area contributed by atoms with Gasteiger partial charge in [0.25, 0.3) is 0 Å². The largest absolute Gasteiger partial charge is 0.482 e. The van der Waals surface area contributed by atoms with Crippen LogP contribution in [-0.2, 0) is 14.8 Å². The van der Waals surface area contributed by atoms with E-state index in [1.165, 1.54) is 0 Å². The molecule has 25 heavy (non-hydrogen) atoms. The predicted octanol–water partition coefficient (Wildman–Crippen LogP) is 2.97. The van der Waals surface area contributed by atoms with Crippen LogP contribution in [0.1, 0.15) is 31.4 Å². The summed E-state index contributed by atoms with van der Waals surface area (Å²) in [5.41, 5.74) is 0.795. The van der Waals surface area contributed by atoms with Crippen LogP contribution in [-0.4, -0.2) is 26.1 Å². The first-order valence-electron chi connectivity index (χ1n) is 7.94. The first kappa shape index (κ1) is 19.0. The average molecular weight is 363 g/mol. The Labute approximate surface area is 147 Å². The summed E-state index contributed by atoms with van der Waals surface area (Å²) >= 11 is 0. The molecule has 0 saturated carbocycles. The molecule has 0 aliphatic heterocycles. The number of carboxylic acids is 1. The summed E-state index contributed by atoms with van der Waals surface area (Å²) in [5, 5.41) is 8.62. The minimum atomic E-state index is -3.62. The van der Waals surface area contributed by atoms with Gasteiger partial charge in [0, 0.05) is 6.04 Å². The zero-order chi connectivity index (χ0) is 18.3. The molecule has 0 fully saturated rings. The van der Waals surface area contributed by atoms with Gasteiger partial charge < -0.3 is 9.84 Å². The average Bonchev–Trinajstić information content (AvgIpc) is 2.61. The summed E-state index contributed by atoms with van der Waals surface area (Å²) in [6, 6.07) is 14.6. The number of nitrogens with one attached hydrogen (secondary N) is 1. The number of aliphatic carboxylic acids is 1. The molecular weight excluding hydrogens is 342 g/mol. The van der Waals surface area contributed by atoms with Crippen molar-refractivity contribution in [2.45, 2.75) is 30.7 Å². The molecule has 6 nitrogen and oxygen atoms in total. The molecule has 2 N–H and O–H groups in total. The van der Waals surface area contributed by atoms with Crippen molar-refractivity contribution < 1.29 is 23.1 Å². The molecule has 2 rings (SSSR count). The number of hydrogen-bond donors (Lipinski definition) is 2. The highest BCUT2D eigenvalue weighted by Crippen LogP contribution is 2.24. The van der Waals surface area contributed by atoms with Crippen LogP contribution in [0.3, 0.4) is 0 Å². The van der Waals surface area contributed by atoms with Gasteiger partial charge in [0.05, 0.1) is 4.90 Å². The second kappa shape index (κ2) is 8.64. The summed E-state index contributed by atoms with van der Waals surface area (Å²) in [7, 11) is -3.62. The molecular formula is C18H21NO5S. The van der Waals surface area contributed by atoms with E-state index < -0.39 is 22.6 Å². The van der Waals surface area contributed by atoms with Gasteiger partial charge in [-0.05, 0) is 36.2 Å². The Balaban J connectivity index is 2.16. The lowest BCUT2D eigenvalue weighted by molar-refractivity contribution is -0.139. The fraction of sp³-hybridized carbons (Fsp3) is 0.278.